The molecule has 1 nitrogen and oxygen atoms in total. The van der Waals surface area contributed by atoms with Crippen molar-refractivity contribution in [3.63, 3.8) is 0 Å². The molecule has 0 saturated heterocycles. The Kier molecular flexibility index (Phi) is 2.94. The number of nitrogens with two attached hydrogens (primary N) is 1. The summed E-state index contributed by atoms with van der Waals surface area (Å²) in [4.78, 5) is 0. The van der Waals surface area contributed by atoms with Crippen molar-refractivity contribution in [2.75, 3.05) is 6.54 Å². The highest BCUT2D eigenvalue weighted by Gasteiger charge is 2.31. The second-order valence-electron chi connectivity index (χ2n) is 4.35. The van der Waals surface area contributed by atoms with E-state index in [9.17, 15) is 0 Å². The van der Waals surface area contributed by atoms with Crippen LogP contribution < -0.4 is 5.73 Å². The molecule has 0 heterocycles. The monoisotopic (exact) mass is 155 g/mol. The van der Waals surface area contributed by atoms with Crippen molar-refractivity contribution in [1.82, 2.24) is 0 Å². The van der Waals surface area contributed by atoms with Crippen LogP contribution in [0.5, 0.6) is 0 Å². The molecule has 1 saturated carbocycles. The van der Waals surface area contributed by atoms with E-state index in [1.807, 2.05) is 0 Å². The van der Waals surface area contributed by atoms with E-state index in [1.54, 1.807) is 0 Å². The van der Waals surface area contributed by atoms with Crippen molar-refractivity contribution in [3.8, 4) is 0 Å². The largest absolute Gasteiger partial charge is 0.330 e. The van der Waals surface area contributed by atoms with Crippen LogP contribution in [0.25, 0.3) is 0 Å². The Morgan fingerprint density at radius 2 is 1.82 bits per heavy atom. The molecule has 2 N–H and O–H groups in total. The van der Waals surface area contributed by atoms with E-state index in [-0.39, 0.29) is 0 Å². The lowest BCUT2D eigenvalue weighted by Crippen LogP contribution is -2.32. The van der Waals surface area contributed by atoms with E-state index in [0.717, 1.165) is 6.54 Å². The molecule has 1 fully saturated rings. The maximum Gasteiger partial charge on any atom is -0.00463 e. The van der Waals surface area contributed by atoms with Gasteiger partial charge in [-0.3, -0.25) is 0 Å². The maximum absolute atomic E-state index is 5.69. The minimum Gasteiger partial charge on any atom is -0.330 e. The smallest absolute Gasteiger partial charge is 0.00463 e. The second kappa shape index (κ2) is 3.57. The molecule has 1 rings (SSSR count). The van der Waals surface area contributed by atoms with Crippen LogP contribution in [-0.2, 0) is 0 Å². The molecule has 11 heavy (non-hydrogen) atoms. The highest BCUT2D eigenvalue weighted by Crippen LogP contribution is 2.41. The molecule has 0 aromatic carbocycles. The number of hydrogen-bond acceptors (Lipinski definition) is 1. The molecule has 0 bridgehead atoms. The lowest BCUT2D eigenvalue weighted by atomic mass is 9.68. The van der Waals surface area contributed by atoms with Crippen molar-refractivity contribution in [3.05, 3.63) is 0 Å². The molecule has 1 aliphatic rings. The fraction of sp³-hybridized carbons (Fsp3) is 1.00. The zero-order valence-corrected chi connectivity index (χ0v) is 7.90. The third kappa shape index (κ3) is 1.96. The van der Waals surface area contributed by atoms with E-state index in [4.69, 9.17) is 5.73 Å². The van der Waals surface area contributed by atoms with Gasteiger partial charge in [0.15, 0.2) is 0 Å². The third-order valence-corrected chi connectivity index (χ3v) is 3.54. The van der Waals surface area contributed by atoms with Gasteiger partial charge in [0.25, 0.3) is 0 Å². The highest BCUT2D eigenvalue weighted by atomic mass is 14.6. The van der Waals surface area contributed by atoms with E-state index in [1.165, 1.54) is 32.1 Å². The summed E-state index contributed by atoms with van der Waals surface area (Å²) in [5.41, 5.74) is 6.25. The van der Waals surface area contributed by atoms with E-state index in [2.05, 4.69) is 13.8 Å². The highest BCUT2D eigenvalue weighted by molar-refractivity contribution is 4.83. The van der Waals surface area contributed by atoms with Gasteiger partial charge < -0.3 is 5.73 Å². The topological polar surface area (TPSA) is 26.0 Å². The molecule has 0 aromatic rings. The summed E-state index contributed by atoms with van der Waals surface area (Å²) in [6.45, 7) is 5.56. The minimum absolute atomic E-state index is 0.562. The number of rotatable bonds is 2. The van der Waals surface area contributed by atoms with Crippen molar-refractivity contribution in [1.29, 1.82) is 0 Å². The normalized spacial score (nSPS) is 26.5. The zero-order chi connectivity index (χ0) is 8.32. The summed E-state index contributed by atoms with van der Waals surface area (Å²) in [6.07, 6.45) is 7.06. The van der Waals surface area contributed by atoms with E-state index in [0.29, 0.717) is 11.3 Å². The first-order valence-electron chi connectivity index (χ1n) is 4.89. The summed E-state index contributed by atoms with van der Waals surface area (Å²) >= 11 is 0. The standard InChI is InChI=1S/C10H21N/c1-9(8-11)10(2)6-4-3-5-7-10/h9H,3-8,11H2,1-2H3/t9-/m1/s1. The molecule has 1 heteroatoms. The van der Waals surface area contributed by atoms with Crippen LogP contribution in [0.4, 0.5) is 0 Å². The Balaban J connectivity index is 2.49. The van der Waals surface area contributed by atoms with Crippen molar-refractivity contribution < 1.29 is 0 Å². The summed E-state index contributed by atoms with van der Waals surface area (Å²) in [5.74, 6) is 0.711. The number of hydrogen-bond donors (Lipinski definition) is 1. The molecule has 66 valence electrons. The Morgan fingerprint density at radius 3 is 2.27 bits per heavy atom. The van der Waals surface area contributed by atoms with Gasteiger partial charge in [0.1, 0.15) is 0 Å². The molecule has 0 aliphatic heterocycles. The molecule has 0 spiro atoms. The minimum atomic E-state index is 0.562. The first kappa shape index (κ1) is 9.05. The predicted molar refractivity (Wildman–Crippen MR) is 49.4 cm³/mol. The van der Waals surface area contributed by atoms with Gasteiger partial charge in [0.05, 0.1) is 0 Å². The van der Waals surface area contributed by atoms with Crippen LogP contribution in [0.3, 0.4) is 0 Å². The van der Waals surface area contributed by atoms with Gasteiger partial charge in [0.2, 0.25) is 0 Å². The average Bonchev–Trinajstić information content (AvgIpc) is 2.04. The molecule has 0 amide bonds. The van der Waals surface area contributed by atoms with Gasteiger partial charge in [-0.15, -0.1) is 0 Å². The average molecular weight is 155 g/mol. The Morgan fingerprint density at radius 1 is 1.27 bits per heavy atom. The van der Waals surface area contributed by atoms with Gasteiger partial charge in [0, 0.05) is 0 Å². The van der Waals surface area contributed by atoms with Crippen LogP contribution in [0.1, 0.15) is 46.0 Å². The van der Waals surface area contributed by atoms with E-state index < -0.39 is 0 Å². The third-order valence-electron chi connectivity index (χ3n) is 3.54. The Labute approximate surface area is 70.4 Å². The predicted octanol–water partition coefficient (Wildman–Crippen LogP) is 2.55. The zero-order valence-electron chi connectivity index (χ0n) is 7.90. The Hall–Kier alpha value is -0.0400. The van der Waals surface area contributed by atoms with Crippen LogP contribution >= 0.6 is 0 Å². The maximum atomic E-state index is 5.69. The van der Waals surface area contributed by atoms with Crippen LogP contribution in [0.2, 0.25) is 0 Å². The van der Waals surface area contributed by atoms with Crippen molar-refractivity contribution >= 4 is 0 Å². The molecule has 0 aromatic heterocycles. The van der Waals surface area contributed by atoms with Crippen LogP contribution in [0, 0.1) is 11.3 Å². The lowest BCUT2D eigenvalue weighted by Gasteiger charge is -2.38. The van der Waals surface area contributed by atoms with Crippen molar-refractivity contribution in [2.24, 2.45) is 17.1 Å². The van der Waals surface area contributed by atoms with Crippen LogP contribution in [-0.4, -0.2) is 6.54 Å². The van der Waals surface area contributed by atoms with Gasteiger partial charge in [-0.1, -0.05) is 33.1 Å². The van der Waals surface area contributed by atoms with Gasteiger partial charge in [-0.25, -0.2) is 0 Å². The SMILES string of the molecule is C[C@H](CN)C1(C)CCCCC1. The molecule has 1 atom stereocenters. The van der Waals surface area contributed by atoms with E-state index >= 15 is 0 Å². The molecular formula is C10H21N. The van der Waals surface area contributed by atoms with Crippen LogP contribution in [0.15, 0.2) is 0 Å². The molecule has 1 aliphatic carbocycles. The van der Waals surface area contributed by atoms with Gasteiger partial charge >= 0.3 is 0 Å². The first-order valence-corrected chi connectivity index (χ1v) is 4.89. The summed E-state index contributed by atoms with van der Waals surface area (Å²) < 4.78 is 0. The second-order valence-corrected chi connectivity index (χ2v) is 4.35. The summed E-state index contributed by atoms with van der Waals surface area (Å²) in [7, 11) is 0. The first-order chi connectivity index (χ1) is 5.19. The molecular weight excluding hydrogens is 134 g/mol. The Bertz CT molecular complexity index is 114. The molecule has 0 radical (unpaired) electrons. The van der Waals surface area contributed by atoms with Crippen molar-refractivity contribution in [2.45, 2.75) is 46.0 Å². The lowest BCUT2D eigenvalue weighted by molar-refractivity contribution is 0.136. The summed E-state index contributed by atoms with van der Waals surface area (Å²) in [5, 5.41) is 0. The van der Waals surface area contributed by atoms with Gasteiger partial charge in [-0.2, -0.15) is 0 Å². The molecule has 0 unspecified atom stereocenters. The fourth-order valence-corrected chi connectivity index (χ4v) is 2.14. The summed E-state index contributed by atoms with van der Waals surface area (Å²) in [6, 6.07) is 0. The van der Waals surface area contributed by atoms with Gasteiger partial charge in [-0.05, 0) is 30.7 Å². The quantitative estimate of drug-likeness (QED) is 0.651. The fourth-order valence-electron chi connectivity index (χ4n) is 2.14.